The van der Waals surface area contributed by atoms with Crippen LogP contribution in [0.2, 0.25) is 0 Å². The highest BCUT2D eigenvalue weighted by Crippen LogP contribution is 2.26. The van der Waals surface area contributed by atoms with Gasteiger partial charge in [-0.1, -0.05) is 12.1 Å². The van der Waals surface area contributed by atoms with Crippen LogP contribution in [0.25, 0.3) is 0 Å². The van der Waals surface area contributed by atoms with Crippen LogP contribution in [0.4, 0.5) is 10.1 Å². The van der Waals surface area contributed by atoms with E-state index < -0.39 is 0 Å². The van der Waals surface area contributed by atoms with Crippen LogP contribution < -0.4 is 15.0 Å². The number of nitrogens with one attached hydrogen (secondary N) is 1. The Morgan fingerprint density at radius 2 is 1.88 bits per heavy atom. The van der Waals surface area contributed by atoms with Gasteiger partial charge in [-0.15, -0.1) is 0 Å². The van der Waals surface area contributed by atoms with Gasteiger partial charge >= 0.3 is 0 Å². The summed E-state index contributed by atoms with van der Waals surface area (Å²) in [7, 11) is 1.60. The molecule has 1 saturated heterocycles. The van der Waals surface area contributed by atoms with Gasteiger partial charge in [0.1, 0.15) is 11.6 Å². The van der Waals surface area contributed by atoms with Crippen LogP contribution in [0.5, 0.6) is 5.75 Å². The number of benzene rings is 2. The van der Waals surface area contributed by atoms with Crippen molar-refractivity contribution in [3.05, 3.63) is 59.9 Å². The van der Waals surface area contributed by atoms with E-state index in [1.54, 1.807) is 24.1 Å². The number of rotatable bonds is 6. The molecule has 0 bridgehead atoms. The predicted octanol–water partition coefficient (Wildman–Crippen LogP) is 2.55. The lowest BCUT2D eigenvalue weighted by Crippen LogP contribution is -2.32. The monoisotopic (exact) mass is 356 g/mol. The second-order valence-electron chi connectivity index (χ2n) is 6.38. The van der Waals surface area contributed by atoms with Gasteiger partial charge in [-0.2, -0.15) is 0 Å². The number of ether oxygens (including phenoxy) is 1. The summed E-state index contributed by atoms with van der Waals surface area (Å²) in [5.74, 6) is 0.406. The Morgan fingerprint density at radius 3 is 2.54 bits per heavy atom. The molecule has 2 amide bonds. The normalized spacial score (nSPS) is 16.6. The number of halogens is 1. The Kier molecular flexibility index (Phi) is 5.51. The molecule has 0 radical (unpaired) electrons. The van der Waals surface area contributed by atoms with Crippen molar-refractivity contribution in [3.8, 4) is 5.75 Å². The lowest BCUT2D eigenvalue weighted by molar-refractivity contribution is -0.121. The summed E-state index contributed by atoms with van der Waals surface area (Å²) in [4.78, 5) is 26.0. The molecule has 0 aromatic heterocycles. The van der Waals surface area contributed by atoms with E-state index in [9.17, 15) is 14.0 Å². The Bertz CT molecular complexity index is 775. The molecule has 1 aliphatic rings. The Morgan fingerprint density at radius 1 is 1.19 bits per heavy atom. The fourth-order valence-corrected chi connectivity index (χ4v) is 3.04. The molecule has 2 aromatic rings. The van der Waals surface area contributed by atoms with Crippen molar-refractivity contribution in [2.45, 2.75) is 12.8 Å². The quantitative estimate of drug-likeness (QED) is 0.865. The average Bonchev–Trinajstić information content (AvgIpc) is 3.03. The van der Waals surface area contributed by atoms with Gasteiger partial charge in [-0.05, 0) is 42.0 Å². The van der Waals surface area contributed by atoms with Gasteiger partial charge in [0.15, 0.2) is 0 Å². The number of nitrogens with zero attached hydrogens (tertiary/aromatic N) is 1. The lowest BCUT2D eigenvalue weighted by atomic mass is 10.1. The van der Waals surface area contributed by atoms with E-state index in [1.165, 1.54) is 12.1 Å². The molecule has 1 atom stereocenters. The van der Waals surface area contributed by atoms with Gasteiger partial charge in [0.05, 0.1) is 13.5 Å². The van der Waals surface area contributed by atoms with Crippen molar-refractivity contribution in [1.82, 2.24) is 5.32 Å². The molecule has 5 nitrogen and oxygen atoms in total. The van der Waals surface area contributed by atoms with E-state index in [0.717, 1.165) is 17.0 Å². The first-order chi connectivity index (χ1) is 12.5. The Hall–Kier alpha value is -2.89. The summed E-state index contributed by atoms with van der Waals surface area (Å²) < 4.78 is 18.0. The summed E-state index contributed by atoms with van der Waals surface area (Å²) in [6.45, 7) is 1.01. The molecule has 1 N–H and O–H groups in total. The number of anilines is 1. The standard InChI is InChI=1S/C20H21FN2O3/c1-26-18-8-6-17(7-9-18)23-13-15(11-20(23)25)12-22-19(24)10-14-2-4-16(21)5-3-14/h2-9,15H,10-13H2,1H3,(H,22,24)/t15-/m0/s1. The topological polar surface area (TPSA) is 58.6 Å². The molecule has 1 heterocycles. The first-order valence-electron chi connectivity index (χ1n) is 8.50. The molecule has 6 heteroatoms. The fourth-order valence-electron chi connectivity index (χ4n) is 3.04. The number of carbonyl (C=O) groups excluding carboxylic acids is 2. The third-order valence-electron chi connectivity index (χ3n) is 4.46. The van der Waals surface area contributed by atoms with Gasteiger partial charge in [0.2, 0.25) is 11.8 Å². The third-order valence-corrected chi connectivity index (χ3v) is 4.46. The van der Waals surface area contributed by atoms with E-state index in [2.05, 4.69) is 5.32 Å². The first kappa shape index (κ1) is 17.9. The SMILES string of the molecule is COc1ccc(N2C[C@H](CNC(=O)Cc3ccc(F)cc3)CC2=O)cc1. The molecule has 0 aliphatic carbocycles. The molecule has 0 spiro atoms. The van der Waals surface area contributed by atoms with Gasteiger partial charge in [0.25, 0.3) is 0 Å². The average molecular weight is 356 g/mol. The molecule has 1 fully saturated rings. The highest BCUT2D eigenvalue weighted by Gasteiger charge is 2.30. The maximum absolute atomic E-state index is 12.9. The van der Waals surface area contributed by atoms with Crippen molar-refractivity contribution in [3.63, 3.8) is 0 Å². The summed E-state index contributed by atoms with van der Waals surface area (Å²) >= 11 is 0. The van der Waals surface area contributed by atoms with Crippen molar-refractivity contribution < 1.29 is 18.7 Å². The highest BCUT2D eigenvalue weighted by molar-refractivity contribution is 5.95. The molecule has 0 saturated carbocycles. The van der Waals surface area contributed by atoms with Crippen molar-refractivity contribution >= 4 is 17.5 Å². The van der Waals surface area contributed by atoms with Gasteiger partial charge in [-0.3, -0.25) is 9.59 Å². The van der Waals surface area contributed by atoms with Crippen LogP contribution in [0.1, 0.15) is 12.0 Å². The van der Waals surface area contributed by atoms with E-state index in [0.29, 0.717) is 19.5 Å². The van der Waals surface area contributed by atoms with Crippen LogP contribution in [0.15, 0.2) is 48.5 Å². The number of amides is 2. The maximum atomic E-state index is 12.9. The molecular formula is C20H21FN2O3. The minimum atomic E-state index is -0.322. The van der Waals surface area contributed by atoms with Crippen LogP contribution in [0, 0.1) is 11.7 Å². The van der Waals surface area contributed by atoms with E-state index in [1.807, 2.05) is 24.3 Å². The van der Waals surface area contributed by atoms with Crippen LogP contribution in [0.3, 0.4) is 0 Å². The summed E-state index contributed by atoms with van der Waals surface area (Å²) in [5, 5.41) is 2.87. The van der Waals surface area contributed by atoms with Gasteiger partial charge in [-0.25, -0.2) is 4.39 Å². The second kappa shape index (κ2) is 7.99. The highest BCUT2D eigenvalue weighted by atomic mass is 19.1. The number of hydrogen-bond donors (Lipinski definition) is 1. The third kappa shape index (κ3) is 4.39. The smallest absolute Gasteiger partial charge is 0.227 e. The van der Waals surface area contributed by atoms with Crippen molar-refractivity contribution in [2.75, 3.05) is 25.1 Å². The molecule has 26 heavy (non-hydrogen) atoms. The lowest BCUT2D eigenvalue weighted by Gasteiger charge is -2.17. The van der Waals surface area contributed by atoms with Crippen LogP contribution >= 0.6 is 0 Å². The summed E-state index contributed by atoms with van der Waals surface area (Å²) in [6, 6.07) is 13.2. The van der Waals surface area contributed by atoms with Crippen molar-refractivity contribution in [2.24, 2.45) is 5.92 Å². The largest absolute Gasteiger partial charge is 0.497 e. The number of carbonyl (C=O) groups is 2. The van der Waals surface area contributed by atoms with E-state index >= 15 is 0 Å². The van der Waals surface area contributed by atoms with Crippen LogP contribution in [-0.2, 0) is 16.0 Å². The van der Waals surface area contributed by atoms with Gasteiger partial charge < -0.3 is 15.0 Å². The van der Waals surface area contributed by atoms with Gasteiger partial charge in [0, 0.05) is 31.1 Å². The second-order valence-corrected chi connectivity index (χ2v) is 6.38. The number of methoxy groups -OCH3 is 1. The minimum absolute atomic E-state index is 0.0490. The summed E-state index contributed by atoms with van der Waals surface area (Å²) in [6.07, 6.45) is 0.603. The maximum Gasteiger partial charge on any atom is 0.227 e. The zero-order valence-electron chi connectivity index (χ0n) is 14.6. The minimum Gasteiger partial charge on any atom is -0.497 e. The predicted molar refractivity (Wildman–Crippen MR) is 96.6 cm³/mol. The van der Waals surface area contributed by atoms with E-state index in [4.69, 9.17) is 4.74 Å². The number of hydrogen-bond acceptors (Lipinski definition) is 3. The molecule has 0 unspecified atom stereocenters. The molecule has 1 aliphatic heterocycles. The first-order valence-corrected chi connectivity index (χ1v) is 8.50. The Labute approximate surface area is 151 Å². The van der Waals surface area contributed by atoms with Crippen molar-refractivity contribution in [1.29, 1.82) is 0 Å². The molecular weight excluding hydrogens is 335 g/mol. The van der Waals surface area contributed by atoms with E-state index in [-0.39, 0.29) is 30.0 Å². The fraction of sp³-hybridized carbons (Fsp3) is 0.300. The molecule has 136 valence electrons. The zero-order chi connectivity index (χ0) is 18.5. The molecule has 3 rings (SSSR count). The Balaban J connectivity index is 1.50. The van der Waals surface area contributed by atoms with Crippen LogP contribution in [-0.4, -0.2) is 32.0 Å². The zero-order valence-corrected chi connectivity index (χ0v) is 14.6. The molecule has 2 aromatic carbocycles. The summed E-state index contributed by atoms with van der Waals surface area (Å²) in [5.41, 5.74) is 1.59.